The van der Waals surface area contributed by atoms with E-state index < -0.39 is 34.8 Å². The minimum atomic E-state index is -4.64. The SMILES string of the molecule is CCOc1ccc(C(c2ccc(Cl)c(C(F)(F)F)c2)N2CCCCC2C(=O)O)cc1OC. The number of carboxylic acids is 1. The van der Waals surface area contributed by atoms with E-state index in [1.807, 2.05) is 6.92 Å². The Bertz CT molecular complexity index is 967. The maximum absolute atomic E-state index is 13.6. The fraction of sp³-hybridized carbons (Fsp3) is 0.435. The average Bonchev–Trinajstić information content (AvgIpc) is 2.75. The minimum absolute atomic E-state index is 0.307. The van der Waals surface area contributed by atoms with Gasteiger partial charge in [-0.2, -0.15) is 13.2 Å². The number of ether oxygens (including phenoxy) is 2. The largest absolute Gasteiger partial charge is 0.493 e. The molecule has 0 amide bonds. The number of hydrogen-bond acceptors (Lipinski definition) is 4. The summed E-state index contributed by atoms with van der Waals surface area (Å²) < 4.78 is 51.7. The van der Waals surface area contributed by atoms with Crippen molar-refractivity contribution >= 4 is 17.6 Å². The summed E-state index contributed by atoms with van der Waals surface area (Å²) in [6, 6.07) is 7.26. The lowest BCUT2D eigenvalue weighted by atomic mass is 9.90. The molecule has 2 aromatic rings. The summed E-state index contributed by atoms with van der Waals surface area (Å²) in [5, 5.41) is 9.40. The second kappa shape index (κ2) is 10.0. The molecule has 1 heterocycles. The van der Waals surface area contributed by atoms with Crippen molar-refractivity contribution in [3.63, 3.8) is 0 Å². The minimum Gasteiger partial charge on any atom is -0.493 e. The van der Waals surface area contributed by atoms with Crippen molar-refractivity contribution in [2.45, 2.75) is 44.4 Å². The van der Waals surface area contributed by atoms with Crippen LogP contribution < -0.4 is 9.47 Å². The number of likely N-dealkylation sites (tertiary alicyclic amines) is 1. The van der Waals surface area contributed by atoms with E-state index in [0.29, 0.717) is 42.2 Å². The second-order valence-electron chi connectivity index (χ2n) is 7.57. The van der Waals surface area contributed by atoms with Crippen LogP contribution in [0, 0.1) is 0 Å². The number of nitrogens with zero attached hydrogens (tertiary/aromatic N) is 1. The van der Waals surface area contributed by atoms with Crippen LogP contribution in [0.2, 0.25) is 5.02 Å². The van der Waals surface area contributed by atoms with E-state index in [0.717, 1.165) is 18.9 Å². The quantitative estimate of drug-likeness (QED) is 0.553. The Morgan fingerprint density at radius 2 is 1.88 bits per heavy atom. The van der Waals surface area contributed by atoms with Crippen molar-refractivity contribution in [1.82, 2.24) is 4.90 Å². The van der Waals surface area contributed by atoms with Crippen LogP contribution in [-0.2, 0) is 11.0 Å². The highest BCUT2D eigenvalue weighted by molar-refractivity contribution is 6.31. The van der Waals surface area contributed by atoms with Gasteiger partial charge in [0.25, 0.3) is 0 Å². The van der Waals surface area contributed by atoms with Crippen molar-refractivity contribution in [2.24, 2.45) is 0 Å². The molecule has 9 heteroatoms. The van der Waals surface area contributed by atoms with Crippen molar-refractivity contribution in [1.29, 1.82) is 0 Å². The van der Waals surface area contributed by atoms with Gasteiger partial charge in [-0.1, -0.05) is 30.2 Å². The zero-order valence-electron chi connectivity index (χ0n) is 17.8. The molecule has 2 unspecified atom stereocenters. The van der Waals surface area contributed by atoms with Crippen LogP contribution >= 0.6 is 11.6 Å². The van der Waals surface area contributed by atoms with Crippen LogP contribution in [-0.4, -0.2) is 42.3 Å². The molecular formula is C23H25ClF3NO4. The molecule has 1 aliphatic heterocycles. The monoisotopic (exact) mass is 471 g/mol. The van der Waals surface area contributed by atoms with Gasteiger partial charge in [-0.05, 0) is 61.7 Å². The molecule has 1 saturated heterocycles. The first kappa shape index (κ1) is 24.2. The fourth-order valence-electron chi connectivity index (χ4n) is 4.16. The summed E-state index contributed by atoms with van der Waals surface area (Å²) in [5.41, 5.74) is -0.0431. The normalized spacial score (nSPS) is 18.2. The lowest BCUT2D eigenvalue weighted by Crippen LogP contribution is -2.46. The van der Waals surface area contributed by atoms with Gasteiger partial charge in [0.1, 0.15) is 6.04 Å². The Labute approximate surface area is 189 Å². The van der Waals surface area contributed by atoms with E-state index in [2.05, 4.69) is 0 Å². The summed E-state index contributed by atoms with van der Waals surface area (Å²) in [6.45, 7) is 2.67. The van der Waals surface area contributed by atoms with Crippen molar-refractivity contribution in [3.8, 4) is 11.5 Å². The summed E-state index contributed by atoms with van der Waals surface area (Å²) >= 11 is 5.84. The van der Waals surface area contributed by atoms with Crippen LogP contribution in [0.4, 0.5) is 13.2 Å². The van der Waals surface area contributed by atoms with Crippen LogP contribution in [0.25, 0.3) is 0 Å². The molecule has 0 aromatic heterocycles. The number of hydrogen-bond donors (Lipinski definition) is 1. The summed E-state index contributed by atoms with van der Waals surface area (Å²) in [5.74, 6) is -0.0844. The fourth-order valence-corrected chi connectivity index (χ4v) is 4.39. The van der Waals surface area contributed by atoms with Gasteiger partial charge in [0.2, 0.25) is 0 Å². The molecule has 2 atom stereocenters. The van der Waals surface area contributed by atoms with E-state index in [4.69, 9.17) is 21.1 Å². The number of methoxy groups -OCH3 is 1. The van der Waals surface area contributed by atoms with E-state index in [1.165, 1.54) is 19.2 Å². The van der Waals surface area contributed by atoms with Gasteiger partial charge in [-0.3, -0.25) is 9.69 Å². The molecule has 5 nitrogen and oxygen atoms in total. The summed E-state index contributed by atoms with van der Waals surface area (Å²) in [7, 11) is 1.47. The molecule has 1 fully saturated rings. The Hall–Kier alpha value is -2.45. The molecule has 0 saturated carbocycles. The summed E-state index contributed by atoms with van der Waals surface area (Å²) in [4.78, 5) is 13.7. The molecular weight excluding hydrogens is 447 g/mol. The highest BCUT2D eigenvalue weighted by Gasteiger charge is 2.38. The molecule has 1 N–H and O–H groups in total. The van der Waals surface area contributed by atoms with E-state index in [-0.39, 0.29) is 0 Å². The van der Waals surface area contributed by atoms with Crippen LogP contribution in [0.3, 0.4) is 0 Å². The molecule has 174 valence electrons. The predicted octanol–water partition coefficient (Wildman–Crippen LogP) is 5.79. The number of carbonyl (C=O) groups is 1. The third kappa shape index (κ3) is 5.13. The van der Waals surface area contributed by atoms with Crippen molar-refractivity contribution in [3.05, 3.63) is 58.1 Å². The van der Waals surface area contributed by atoms with Gasteiger partial charge in [-0.25, -0.2) is 0 Å². The number of benzene rings is 2. The number of piperidine rings is 1. The molecule has 3 rings (SSSR count). The van der Waals surface area contributed by atoms with Gasteiger partial charge < -0.3 is 14.6 Å². The second-order valence-corrected chi connectivity index (χ2v) is 7.98. The van der Waals surface area contributed by atoms with Crippen LogP contribution in [0.5, 0.6) is 11.5 Å². The Morgan fingerprint density at radius 1 is 1.19 bits per heavy atom. The number of halogens is 4. The summed E-state index contributed by atoms with van der Waals surface area (Å²) in [6.07, 6.45) is -2.74. The zero-order chi connectivity index (χ0) is 23.5. The van der Waals surface area contributed by atoms with E-state index in [9.17, 15) is 23.1 Å². The lowest BCUT2D eigenvalue weighted by molar-refractivity contribution is -0.145. The maximum Gasteiger partial charge on any atom is 0.417 e. The topological polar surface area (TPSA) is 59.0 Å². The number of aliphatic carboxylic acids is 1. The molecule has 0 spiro atoms. The van der Waals surface area contributed by atoms with Crippen molar-refractivity contribution in [2.75, 3.05) is 20.3 Å². The van der Waals surface area contributed by atoms with Crippen LogP contribution in [0.1, 0.15) is 48.9 Å². The first-order valence-corrected chi connectivity index (χ1v) is 10.7. The average molecular weight is 472 g/mol. The highest BCUT2D eigenvalue weighted by Crippen LogP contribution is 2.41. The van der Waals surface area contributed by atoms with Gasteiger partial charge in [-0.15, -0.1) is 0 Å². The van der Waals surface area contributed by atoms with Gasteiger partial charge in [0.05, 0.1) is 30.3 Å². The molecule has 2 aromatic carbocycles. The highest BCUT2D eigenvalue weighted by atomic mass is 35.5. The van der Waals surface area contributed by atoms with E-state index in [1.54, 1.807) is 23.1 Å². The molecule has 1 aliphatic rings. The first-order valence-electron chi connectivity index (χ1n) is 10.3. The third-order valence-corrected chi connectivity index (χ3v) is 5.91. The molecule has 32 heavy (non-hydrogen) atoms. The Kier molecular flexibility index (Phi) is 7.56. The number of carboxylic acid groups (broad SMARTS) is 1. The molecule has 0 aliphatic carbocycles. The van der Waals surface area contributed by atoms with Gasteiger partial charge >= 0.3 is 12.1 Å². The maximum atomic E-state index is 13.6. The standard InChI is InChI=1S/C23H25ClF3NO4/c1-3-32-19-10-8-15(13-20(19)31-2)21(28-11-5-4-6-18(28)22(29)30)14-7-9-17(24)16(12-14)23(25,26)27/h7-10,12-13,18,21H,3-6,11H2,1-2H3,(H,29,30). The van der Waals surface area contributed by atoms with Gasteiger partial charge in [0, 0.05) is 0 Å². The van der Waals surface area contributed by atoms with Crippen molar-refractivity contribution < 1.29 is 32.5 Å². The van der Waals surface area contributed by atoms with E-state index >= 15 is 0 Å². The third-order valence-electron chi connectivity index (χ3n) is 5.58. The predicted molar refractivity (Wildman–Crippen MR) is 114 cm³/mol. The molecule has 0 radical (unpaired) electrons. The smallest absolute Gasteiger partial charge is 0.417 e. The Balaban J connectivity index is 2.18. The lowest BCUT2D eigenvalue weighted by Gasteiger charge is -2.40. The first-order chi connectivity index (χ1) is 15.2. The zero-order valence-corrected chi connectivity index (χ0v) is 18.5. The van der Waals surface area contributed by atoms with Crippen LogP contribution in [0.15, 0.2) is 36.4 Å². The Morgan fingerprint density at radius 3 is 2.50 bits per heavy atom. The molecule has 0 bridgehead atoms. The number of alkyl halides is 3. The number of rotatable bonds is 7. The van der Waals surface area contributed by atoms with Gasteiger partial charge in [0.15, 0.2) is 11.5 Å².